The summed E-state index contributed by atoms with van der Waals surface area (Å²) in [4.78, 5) is 12.0. The Kier molecular flexibility index (Phi) is 4.81. The molecular weight excluding hydrogens is 266 g/mol. The summed E-state index contributed by atoms with van der Waals surface area (Å²) in [6.07, 6.45) is 0.755. The van der Waals surface area contributed by atoms with Crippen LogP contribution in [-0.2, 0) is 6.42 Å². The first kappa shape index (κ1) is 14.9. The van der Waals surface area contributed by atoms with Gasteiger partial charge in [0.1, 0.15) is 12.4 Å². The molecule has 0 spiro atoms. The molecule has 2 rings (SSSR count). The van der Waals surface area contributed by atoms with E-state index in [9.17, 15) is 4.79 Å². The summed E-state index contributed by atoms with van der Waals surface area (Å²) in [5, 5.41) is 11.5. The number of carbonyl (C=O) groups is 1. The third kappa shape index (κ3) is 3.74. The molecule has 0 radical (unpaired) electrons. The number of anilines is 1. The molecule has 1 heterocycles. The van der Waals surface area contributed by atoms with E-state index >= 15 is 0 Å². The number of furan rings is 1. The number of rotatable bonds is 3. The number of aryl methyl sites for hydroxylation is 2. The molecule has 0 aliphatic rings. The Balaban J connectivity index is 2.12. The van der Waals surface area contributed by atoms with Gasteiger partial charge in [0.25, 0.3) is 5.91 Å². The molecule has 0 fully saturated rings. The number of benzene rings is 1. The molecule has 0 saturated heterocycles. The first-order valence-corrected chi connectivity index (χ1v) is 6.74. The Morgan fingerprint density at radius 1 is 1.33 bits per heavy atom. The fraction of sp³-hybridized carbons (Fsp3) is 0.235. The molecule has 4 heteroatoms. The monoisotopic (exact) mass is 283 g/mol. The van der Waals surface area contributed by atoms with Gasteiger partial charge in [-0.3, -0.25) is 4.79 Å². The predicted octanol–water partition coefficient (Wildman–Crippen LogP) is 2.75. The van der Waals surface area contributed by atoms with E-state index in [1.165, 1.54) is 0 Å². The van der Waals surface area contributed by atoms with E-state index in [4.69, 9.17) is 9.52 Å². The zero-order valence-electron chi connectivity index (χ0n) is 12.1. The van der Waals surface area contributed by atoms with E-state index in [-0.39, 0.29) is 12.5 Å². The van der Waals surface area contributed by atoms with Gasteiger partial charge in [-0.2, -0.15) is 0 Å². The molecule has 0 atom stereocenters. The number of aliphatic hydroxyl groups is 1. The molecule has 4 nitrogen and oxygen atoms in total. The average molecular weight is 283 g/mol. The summed E-state index contributed by atoms with van der Waals surface area (Å²) in [7, 11) is 0. The van der Waals surface area contributed by atoms with Crippen LogP contribution in [0.5, 0.6) is 0 Å². The molecule has 0 aliphatic heterocycles. The van der Waals surface area contributed by atoms with E-state index in [1.807, 2.05) is 26.0 Å². The SMILES string of the molecule is CCc1ccc(C(=O)Nc2ccc(C#CCO)c(C)c2)o1. The lowest BCUT2D eigenvalue weighted by Gasteiger charge is -2.06. The van der Waals surface area contributed by atoms with Gasteiger partial charge in [0, 0.05) is 17.7 Å². The fourth-order valence-electron chi connectivity index (χ4n) is 1.90. The molecule has 0 bridgehead atoms. The lowest BCUT2D eigenvalue weighted by atomic mass is 10.1. The van der Waals surface area contributed by atoms with Gasteiger partial charge in [-0.25, -0.2) is 0 Å². The van der Waals surface area contributed by atoms with Crippen molar-refractivity contribution in [2.45, 2.75) is 20.3 Å². The van der Waals surface area contributed by atoms with Crippen molar-refractivity contribution in [1.82, 2.24) is 0 Å². The van der Waals surface area contributed by atoms with Gasteiger partial charge in [0.05, 0.1) is 0 Å². The maximum atomic E-state index is 12.0. The van der Waals surface area contributed by atoms with Crippen molar-refractivity contribution in [3.05, 3.63) is 53.0 Å². The van der Waals surface area contributed by atoms with Gasteiger partial charge >= 0.3 is 0 Å². The van der Waals surface area contributed by atoms with Crippen LogP contribution < -0.4 is 5.32 Å². The van der Waals surface area contributed by atoms with Crippen molar-refractivity contribution < 1.29 is 14.3 Å². The van der Waals surface area contributed by atoms with Crippen LogP contribution in [0.1, 0.15) is 34.4 Å². The molecule has 1 amide bonds. The second kappa shape index (κ2) is 6.78. The first-order valence-electron chi connectivity index (χ1n) is 6.74. The second-order valence-electron chi connectivity index (χ2n) is 4.56. The van der Waals surface area contributed by atoms with Crippen LogP contribution in [0.4, 0.5) is 5.69 Å². The second-order valence-corrected chi connectivity index (χ2v) is 4.56. The largest absolute Gasteiger partial charge is 0.456 e. The highest BCUT2D eigenvalue weighted by molar-refractivity contribution is 6.02. The maximum absolute atomic E-state index is 12.0. The minimum absolute atomic E-state index is 0.170. The van der Waals surface area contributed by atoms with Crippen molar-refractivity contribution in [3.63, 3.8) is 0 Å². The molecule has 1 aromatic heterocycles. The summed E-state index contributed by atoms with van der Waals surface area (Å²) >= 11 is 0. The van der Waals surface area contributed by atoms with Crippen LogP contribution in [0, 0.1) is 18.8 Å². The molecular formula is C17H17NO3. The predicted molar refractivity (Wildman–Crippen MR) is 81.2 cm³/mol. The van der Waals surface area contributed by atoms with Crippen molar-refractivity contribution in [2.24, 2.45) is 0 Å². The zero-order chi connectivity index (χ0) is 15.2. The van der Waals surface area contributed by atoms with E-state index in [1.54, 1.807) is 18.2 Å². The number of hydrogen-bond donors (Lipinski definition) is 2. The highest BCUT2D eigenvalue weighted by Crippen LogP contribution is 2.16. The molecule has 1 aromatic carbocycles. The van der Waals surface area contributed by atoms with Crippen LogP contribution >= 0.6 is 0 Å². The van der Waals surface area contributed by atoms with E-state index < -0.39 is 0 Å². The van der Waals surface area contributed by atoms with Gasteiger partial charge in [0.15, 0.2) is 5.76 Å². The molecule has 0 unspecified atom stereocenters. The van der Waals surface area contributed by atoms with E-state index in [0.29, 0.717) is 11.4 Å². The Hall–Kier alpha value is -2.51. The van der Waals surface area contributed by atoms with Crippen LogP contribution in [0.3, 0.4) is 0 Å². The van der Waals surface area contributed by atoms with Gasteiger partial charge in [-0.05, 0) is 42.8 Å². The Bertz CT molecular complexity index is 704. The lowest BCUT2D eigenvalue weighted by molar-refractivity contribution is 0.0995. The molecule has 0 aliphatic carbocycles. The molecule has 0 saturated carbocycles. The zero-order valence-corrected chi connectivity index (χ0v) is 12.1. The Morgan fingerprint density at radius 3 is 2.76 bits per heavy atom. The van der Waals surface area contributed by atoms with Crippen molar-refractivity contribution >= 4 is 11.6 Å². The Labute approximate surface area is 123 Å². The number of amides is 1. The quantitative estimate of drug-likeness (QED) is 0.851. The minimum atomic E-state index is -0.275. The highest BCUT2D eigenvalue weighted by Gasteiger charge is 2.11. The standard InChI is InChI=1S/C17H17NO3/c1-3-15-8-9-16(21-15)17(20)18-14-7-6-13(5-4-10-19)12(2)11-14/h6-9,11,19H,3,10H2,1-2H3,(H,18,20). The van der Waals surface area contributed by atoms with Crippen LogP contribution in [0.2, 0.25) is 0 Å². The molecule has 21 heavy (non-hydrogen) atoms. The summed E-state index contributed by atoms with van der Waals surface area (Å²) in [6.45, 7) is 3.70. The number of aliphatic hydroxyl groups excluding tert-OH is 1. The third-order valence-corrected chi connectivity index (χ3v) is 3.02. The lowest BCUT2D eigenvalue weighted by Crippen LogP contribution is -2.11. The van der Waals surface area contributed by atoms with Crippen LogP contribution in [0.25, 0.3) is 0 Å². The summed E-state index contributed by atoms with van der Waals surface area (Å²) in [6, 6.07) is 8.89. The van der Waals surface area contributed by atoms with E-state index in [2.05, 4.69) is 17.2 Å². The summed E-state index contributed by atoms with van der Waals surface area (Å²) in [5.74, 6) is 6.27. The highest BCUT2D eigenvalue weighted by atomic mass is 16.3. The molecule has 2 aromatic rings. The van der Waals surface area contributed by atoms with Gasteiger partial charge in [-0.1, -0.05) is 18.8 Å². The normalized spacial score (nSPS) is 9.86. The first-order chi connectivity index (χ1) is 10.1. The topological polar surface area (TPSA) is 62.5 Å². The summed E-state index contributed by atoms with van der Waals surface area (Å²) < 4.78 is 5.41. The van der Waals surface area contributed by atoms with Gasteiger partial charge in [-0.15, -0.1) is 0 Å². The minimum Gasteiger partial charge on any atom is -0.456 e. The molecule has 108 valence electrons. The van der Waals surface area contributed by atoms with Crippen molar-refractivity contribution in [3.8, 4) is 11.8 Å². The number of nitrogens with one attached hydrogen (secondary N) is 1. The third-order valence-electron chi connectivity index (χ3n) is 3.02. The number of hydrogen-bond acceptors (Lipinski definition) is 3. The fourth-order valence-corrected chi connectivity index (χ4v) is 1.90. The smallest absolute Gasteiger partial charge is 0.291 e. The van der Waals surface area contributed by atoms with Crippen molar-refractivity contribution in [1.29, 1.82) is 0 Å². The maximum Gasteiger partial charge on any atom is 0.291 e. The average Bonchev–Trinajstić information content (AvgIpc) is 2.95. The Morgan fingerprint density at radius 2 is 2.14 bits per heavy atom. The number of carbonyl (C=O) groups excluding carboxylic acids is 1. The van der Waals surface area contributed by atoms with E-state index in [0.717, 1.165) is 23.3 Å². The van der Waals surface area contributed by atoms with Crippen molar-refractivity contribution in [2.75, 3.05) is 11.9 Å². The molecule has 2 N–H and O–H groups in total. The summed E-state index contributed by atoms with van der Waals surface area (Å²) in [5.41, 5.74) is 2.44. The van der Waals surface area contributed by atoms with Gasteiger partial charge < -0.3 is 14.8 Å². The van der Waals surface area contributed by atoms with Gasteiger partial charge in [0.2, 0.25) is 0 Å². The van der Waals surface area contributed by atoms with Crippen LogP contribution in [0.15, 0.2) is 34.7 Å². The van der Waals surface area contributed by atoms with Crippen LogP contribution in [-0.4, -0.2) is 17.6 Å².